The number of rotatable bonds is 3. The van der Waals surface area contributed by atoms with Crippen LogP contribution in [-0.2, 0) is 4.79 Å². The summed E-state index contributed by atoms with van der Waals surface area (Å²) in [6.07, 6.45) is 4.54. The molecule has 1 fully saturated rings. The first kappa shape index (κ1) is 13.6. The van der Waals surface area contributed by atoms with Crippen molar-refractivity contribution in [1.29, 1.82) is 0 Å². The second-order valence-electron chi connectivity index (χ2n) is 5.51. The van der Waals surface area contributed by atoms with Crippen LogP contribution in [0.1, 0.15) is 30.3 Å². The highest BCUT2D eigenvalue weighted by Gasteiger charge is 2.45. The van der Waals surface area contributed by atoms with Gasteiger partial charge in [0.15, 0.2) is 0 Å². The van der Waals surface area contributed by atoms with Crippen LogP contribution in [0, 0.1) is 5.41 Å². The van der Waals surface area contributed by atoms with Crippen LogP contribution < -0.4 is 0 Å². The van der Waals surface area contributed by atoms with Crippen molar-refractivity contribution in [1.82, 2.24) is 14.3 Å². The monoisotopic (exact) mass is 287 g/mol. The number of pyridine rings is 1. The zero-order valence-electron chi connectivity index (χ0n) is 11.8. The number of likely N-dealkylation sites (tertiary alicyclic amines) is 1. The van der Waals surface area contributed by atoms with Gasteiger partial charge in [-0.15, -0.1) is 0 Å². The van der Waals surface area contributed by atoms with Gasteiger partial charge in [-0.25, -0.2) is 4.98 Å². The molecule has 21 heavy (non-hydrogen) atoms. The van der Waals surface area contributed by atoms with Crippen LogP contribution in [0.2, 0.25) is 0 Å². The number of hydrogen-bond donors (Lipinski definition) is 1. The molecule has 0 saturated carbocycles. The molecule has 0 bridgehead atoms. The summed E-state index contributed by atoms with van der Waals surface area (Å²) in [5.41, 5.74) is 0.257. The molecule has 6 nitrogen and oxygen atoms in total. The van der Waals surface area contributed by atoms with E-state index in [1.165, 1.54) is 0 Å². The van der Waals surface area contributed by atoms with Crippen molar-refractivity contribution >= 4 is 17.5 Å². The van der Waals surface area contributed by atoms with E-state index >= 15 is 0 Å². The molecule has 2 aromatic rings. The van der Waals surface area contributed by atoms with Crippen molar-refractivity contribution < 1.29 is 14.7 Å². The first-order valence-electron chi connectivity index (χ1n) is 7.02. The molecule has 3 heterocycles. The molecule has 0 radical (unpaired) electrons. The molecule has 0 aliphatic carbocycles. The lowest BCUT2D eigenvalue weighted by Crippen LogP contribution is -2.36. The first-order chi connectivity index (χ1) is 10.1. The van der Waals surface area contributed by atoms with Crippen molar-refractivity contribution in [3.05, 3.63) is 36.3 Å². The predicted molar refractivity (Wildman–Crippen MR) is 76.1 cm³/mol. The predicted octanol–water partition coefficient (Wildman–Crippen LogP) is 1.66. The Morgan fingerprint density at radius 1 is 1.43 bits per heavy atom. The number of aromatic nitrogens is 2. The van der Waals surface area contributed by atoms with E-state index in [1.807, 2.05) is 31.3 Å². The summed E-state index contributed by atoms with van der Waals surface area (Å²) in [6, 6.07) is 5.55. The minimum atomic E-state index is -0.824. The summed E-state index contributed by atoms with van der Waals surface area (Å²) >= 11 is 0. The van der Waals surface area contributed by atoms with E-state index in [2.05, 4.69) is 4.98 Å². The number of imidazole rings is 1. The van der Waals surface area contributed by atoms with E-state index in [9.17, 15) is 14.7 Å². The van der Waals surface area contributed by atoms with Gasteiger partial charge in [0.1, 0.15) is 11.3 Å². The van der Waals surface area contributed by atoms with E-state index in [0.29, 0.717) is 30.7 Å². The summed E-state index contributed by atoms with van der Waals surface area (Å²) in [6.45, 7) is 2.57. The van der Waals surface area contributed by atoms with Gasteiger partial charge in [0.25, 0.3) is 5.91 Å². The summed E-state index contributed by atoms with van der Waals surface area (Å²) in [4.78, 5) is 29.8. The number of carboxylic acid groups (broad SMARTS) is 1. The highest BCUT2D eigenvalue weighted by molar-refractivity contribution is 5.93. The number of nitrogens with zero attached hydrogens (tertiary/aromatic N) is 3. The molecule has 2 aromatic heterocycles. The van der Waals surface area contributed by atoms with E-state index in [4.69, 9.17) is 0 Å². The zero-order chi connectivity index (χ0) is 15.0. The molecule has 6 heteroatoms. The van der Waals surface area contributed by atoms with Gasteiger partial charge in [-0.2, -0.15) is 0 Å². The lowest BCUT2D eigenvalue weighted by atomic mass is 9.84. The van der Waals surface area contributed by atoms with Crippen molar-refractivity contribution in [2.45, 2.75) is 19.8 Å². The number of hydrogen-bond acceptors (Lipinski definition) is 3. The summed E-state index contributed by atoms with van der Waals surface area (Å²) in [5.74, 6) is -1.02. The number of amides is 1. The van der Waals surface area contributed by atoms with Crippen LogP contribution in [0.5, 0.6) is 0 Å². The highest BCUT2D eigenvalue weighted by Crippen LogP contribution is 2.34. The largest absolute Gasteiger partial charge is 0.481 e. The fourth-order valence-corrected chi connectivity index (χ4v) is 2.86. The molecule has 1 aliphatic rings. The molecule has 0 aromatic carbocycles. The van der Waals surface area contributed by atoms with Crippen LogP contribution >= 0.6 is 0 Å². The Kier molecular flexibility index (Phi) is 3.16. The van der Waals surface area contributed by atoms with Crippen LogP contribution in [0.15, 0.2) is 30.6 Å². The fourth-order valence-electron chi connectivity index (χ4n) is 2.86. The number of carbonyl (C=O) groups excluding carboxylic acids is 1. The molecule has 3 rings (SSSR count). The Balaban J connectivity index is 1.85. The topological polar surface area (TPSA) is 74.9 Å². The van der Waals surface area contributed by atoms with Gasteiger partial charge in [0.05, 0.1) is 5.41 Å². The first-order valence-corrected chi connectivity index (χ1v) is 7.02. The molecule has 1 unspecified atom stereocenters. The van der Waals surface area contributed by atoms with Gasteiger partial charge in [-0.1, -0.05) is 13.0 Å². The second kappa shape index (κ2) is 4.87. The van der Waals surface area contributed by atoms with Crippen molar-refractivity contribution in [3.63, 3.8) is 0 Å². The minimum absolute atomic E-state index is 0.199. The third-order valence-electron chi connectivity index (χ3n) is 4.35. The lowest BCUT2D eigenvalue weighted by molar-refractivity contribution is -0.148. The Bertz CT molecular complexity index is 676. The van der Waals surface area contributed by atoms with Crippen LogP contribution in [-0.4, -0.2) is 44.4 Å². The van der Waals surface area contributed by atoms with E-state index in [0.717, 1.165) is 0 Å². The van der Waals surface area contributed by atoms with Crippen LogP contribution in [0.4, 0.5) is 0 Å². The molecule has 1 N–H and O–H groups in total. The fraction of sp³-hybridized carbons (Fsp3) is 0.400. The molecule has 0 spiro atoms. The standard InChI is InChI=1S/C15H17N3O3/c1-2-15(14(20)21)6-8-18(10-15)13(19)11-9-17-7-4-3-5-12(17)16-11/h3-5,7,9H,2,6,8,10H2,1H3,(H,20,21). The molecular weight excluding hydrogens is 270 g/mol. The van der Waals surface area contributed by atoms with Gasteiger partial charge in [-0.3, -0.25) is 9.59 Å². The van der Waals surface area contributed by atoms with Crippen molar-refractivity contribution in [2.24, 2.45) is 5.41 Å². The maximum absolute atomic E-state index is 12.5. The molecule has 1 amide bonds. The van der Waals surface area contributed by atoms with Gasteiger partial charge in [0, 0.05) is 25.5 Å². The Hall–Kier alpha value is -2.37. The second-order valence-corrected chi connectivity index (χ2v) is 5.51. The molecule has 110 valence electrons. The quantitative estimate of drug-likeness (QED) is 0.931. The van der Waals surface area contributed by atoms with Crippen molar-refractivity contribution in [3.8, 4) is 0 Å². The number of aliphatic carboxylic acids is 1. The third-order valence-corrected chi connectivity index (χ3v) is 4.35. The SMILES string of the molecule is CCC1(C(=O)O)CCN(C(=O)c2cn3ccccc3n2)C1. The van der Waals surface area contributed by atoms with E-state index in [1.54, 1.807) is 15.5 Å². The smallest absolute Gasteiger partial charge is 0.311 e. The van der Waals surface area contributed by atoms with Crippen molar-refractivity contribution in [2.75, 3.05) is 13.1 Å². The molecular formula is C15H17N3O3. The van der Waals surface area contributed by atoms with Crippen LogP contribution in [0.3, 0.4) is 0 Å². The van der Waals surface area contributed by atoms with Crippen LogP contribution in [0.25, 0.3) is 5.65 Å². The summed E-state index contributed by atoms with van der Waals surface area (Å²) in [7, 11) is 0. The zero-order valence-corrected chi connectivity index (χ0v) is 11.8. The average molecular weight is 287 g/mol. The molecule has 1 saturated heterocycles. The van der Waals surface area contributed by atoms with Gasteiger partial charge in [0.2, 0.25) is 0 Å². The summed E-state index contributed by atoms with van der Waals surface area (Å²) < 4.78 is 1.79. The lowest BCUT2D eigenvalue weighted by Gasteiger charge is -2.22. The Morgan fingerprint density at radius 3 is 2.86 bits per heavy atom. The Labute approximate surface area is 122 Å². The maximum atomic E-state index is 12.5. The molecule has 1 atom stereocenters. The number of carboxylic acids is 1. The number of fused-ring (bicyclic) bond motifs is 1. The van der Waals surface area contributed by atoms with Gasteiger partial charge in [-0.05, 0) is 25.0 Å². The Morgan fingerprint density at radius 2 is 2.24 bits per heavy atom. The number of carbonyl (C=O) groups is 2. The maximum Gasteiger partial charge on any atom is 0.311 e. The van der Waals surface area contributed by atoms with Gasteiger partial charge < -0.3 is 14.4 Å². The average Bonchev–Trinajstić information content (AvgIpc) is 3.11. The summed E-state index contributed by atoms with van der Waals surface area (Å²) in [5, 5.41) is 9.39. The third kappa shape index (κ3) is 2.16. The molecule has 1 aliphatic heterocycles. The van der Waals surface area contributed by atoms with E-state index in [-0.39, 0.29) is 12.5 Å². The normalized spacial score (nSPS) is 21.9. The minimum Gasteiger partial charge on any atom is -0.481 e. The highest BCUT2D eigenvalue weighted by atomic mass is 16.4. The van der Waals surface area contributed by atoms with Gasteiger partial charge >= 0.3 is 5.97 Å². The van der Waals surface area contributed by atoms with E-state index < -0.39 is 11.4 Å².